The standard InChI is InChI=1S/C14H25N3O2/c1-3-11(10-15)12-16-13(17-19-12)14(18-4-2)8-6-5-7-9-14/h11H,3-10,15H2,1-2H3. The molecule has 19 heavy (non-hydrogen) atoms. The van der Waals surface area contributed by atoms with Crippen LogP contribution in [-0.4, -0.2) is 23.3 Å². The van der Waals surface area contributed by atoms with E-state index in [1.807, 2.05) is 6.92 Å². The van der Waals surface area contributed by atoms with E-state index in [4.69, 9.17) is 15.0 Å². The normalized spacial score (nSPS) is 20.4. The predicted octanol–water partition coefficient (Wildman–Crippen LogP) is 2.72. The lowest BCUT2D eigenvalue weighted by atomic mass is 9.84. The largest absolute Gasteiger partial charge is 0.367 e. The number of nitrogens with two attached hydrogens (primary N) is 1. The quantitative estimate of drug-likeness (QED) is 0.857. The maximum atomic E-state index is 6.00. The molecule has 0 spiro atoms. The molecule has 1 unspecified atom stereocenters. The Balaban J connectivity index is 2.22. The van der Waals surface area contributed by atoms with E-state index in [2.05, 4.69) is 17.1 Å². The molecular weight excluding hydrogens is 242 g/mol. The van der Waals surface area contributed by atoms with Gasteiger partial charge >= 0.3 is 0 Å². The van der Waals surface area contributed by atoms with E-state index in [0.29, 0.717) is 19.0 Å². The first-order valence-electron chi connectivity index (χ1n) is 7.44. The highest BCUT2D eigenvalue weighted by Crippen LogP contribution is 2.39. The molecular formula is C14H25N3O2. The lowest BCUT2D eigenvalue weighted by Gasteiger charge is -2.33. The highest BCUT2D eigenvalue weighted by molar-refractivity contribution is 5.05. The minimum Gasteiger partial charge on any atom is -0.367 e. The molecule has 1 aliphatic rings. The van der Waals surface area contributed by atoms with Crippen LogP contribution in [-0.2, 0) is 10.3 Å². The van der Waals surface area contributed by atoms with E-state index in [0.717, 1.165) is 37.9 Å². The van der Waals surface area contributed by atoms with E-state index in [9.17, 15) is 0 Å². The van der Waals surface area contributed by atoms with Crippen LogP contribution in [0, 0.1) is 0 Å². The van der Waals surface area contributed by atoms with Crippen LogP contribution >= 0.6 is 0 Å². The summed E-state index contributed by atoms with van der Waals surface area (Å²) in [5.74, 6) is 1.53. The first kappa shape index (κ1) is 14.5. The smallest absolute Gasteiger partial charge is 0.231 e. The van der Waals surface area contributed by atoms with E-state index < -0.39 is 0 Å². The maximum Gasteiger partial charge on any atom is 0.231 e. The van der Waals surface area contributed by atoms with Gasteiger partial charge in [0.25, 0.3) is 0 Å². The maximum absolute atomic E-state index is 6.00. The highest BCUT2D eigenvalue weighted by Gasteiger charge is 2.39. The minimum absolute atomic E-state index is 0.156. The molecule has 1 aromatic rings. The van der Waals surface area contributed by atoms with Crippen molar-refractivity contribution in [2.45, 2.75) is 63.9 Å². The molecule has 1 fully saturated rings. The van der Waals surface area contributed by atoms with Crippen molar-refractivity contribution in [1.29, 1.82) is 0 Å². The monoisotopic (exact) mass is 267 g/mol. The van der Waals surface area contributed by atoms with Gasteiger partial charge in [-0.2, -0.15) is 4.98 Å². The lowest BCUT2D eigenvalue weighted by molar-refractivity contribution is -0.0777. The van der Waals surface area contributed by atoms with Gasteiger partial charge in [-0.25, -0.2) is 0 Å². The molecule has 0 aliphatic heterocycles. The van der Waals surface area contributed by atoms with Gasteiger partial charge in [-0.15, -0.1) is 0 Å². The molecule has 2 rings (SSSR count). The van der Waals surface area contributed by atoms with Gasteiger partial charge in [0.05, 0.1) is 5.92 Å². The van der Waals surface area contributed by atoms with Crippen LogP contribution in [0.5, 0.6) is 0 Å². The number of hydrogen-bond acceptors (Lipinski definition) is 5. The third-order valence-corrected chi connectivity index (χ3v) is 4.06. The summed E-state index contributed by atoms with van der Waals surface area (Å²) in [4.78, 5) is 4.58. The molecule has 0 bridgehead atoms. The highest BCUT2D eigenvalue weighted by atomic mass is 16.5. The van der Waals surface area contributed by atoms with E-state index >= 15 is 0 Å². The molecule has 0 radical (unpaired) electrons. The Morgan fingerprint density at radius 2 is 2.05 bits per heavy atom. The molecule has 108 valence electrons. The lowest BCUT2D eigenvalue weighted by Crippen LogP contribution is -2.33. The minimum atomic E-state index is -0.332. The summed E-state index contributed by atoms with van der Waals surface area (Å²) < 4.78 is 11.4. The summed E-state index contributed by atoms with van der Waals surface area (Å²) in [5.41, 5.74) is 5.40. The summed E-state index contributed by atoms with van der Waals surface area (Å²) in [7, 11) is 0. The van der Waals surface area contributed by atoms with Crippen LogP contribution in [0.3, 0.4) is 0 Å². The second kappa shape index (κ2) is 6.48. The molecule has 1 saturated carbocycles. The van der Waals surface area contributed by atoms with Crippen LogP contribution in [0.1, 0.15) is 70.0 Å². The van der Waals surface area contributed by atoms with Crippen molar-refractivity contribution in [3.8, 4) is 0 Å². The molecule has 0 aromatic carbocycles. The second-order valence-electron chi connectivity index (χ2n) is 5.29. The predicted molar refractivity (Wildman–Crippen MR) is 72.8 cm³/mol. The van der Waals surface area contributed by atoms with Crippen molar-refractivity contribution >= 4 is 0 Å². The number of nitrogens with zero attached hydrogens (tertiary/aromatic N) is 2. The Bertz CT molecular complexity index is 376. The number of rotatable bonds is 6. The number of hydrogen-bond donors (Lipinski definition) is 1. The Morgan fingerprint density at radius 1 is 1.32 bits per heavy atom. The number of ether oxygens (including phenoxy) is 1. The average Bonchev–Trinajstić information content (AvgIpc) is 2.92. The zero-order valence-corrected chi connectivity index (χ0v) is 12.0. The Morgan fingerprint density at radius 3 is 2.63 bits per heavy atom. The Hall–Kier alpha value is -0.940. The van der Waals surface area contributed by atoms with Crippen LogP contribution < -0.4 is 5.73 Å². The van der Waals surface area contributed by atoms with Crippen LogP contribution in [0.2, 0.25) is 0 Å². The molecule has 5 nitrogen and oxygen atoms in total. The summed E-state index contributed by atoms with van der Waals surface area (Å²) in [5, 5.41) is 4.18. The van der Waals surface area contributed by atoms with Crippen molar-refractivity contribution < 1.29 is 9.26 Å². The van der Waals surface area contributed by atoms with Crippen molar-refractivity contribution in [3.63, 3.8) is 0 Å². The van der Waals surface area contributed by atoms with Gasteiger partial charge in [-0.05, 0) is 26.2 Å². The third-order valence-electron chi connectivity index (χ3n) is 4.06. The summed E-state index contributed by atoms with van der Waals surface area (Å²) in [6.45, 7) is 5.32. The van der Waals surface area contributed by atoms with Gasteiger partial charge in [0.15, 0.2) is 0 Å². The molecule has 1 aromatic heterocycles. The van der Waals surface area contributed by atoms with E-state index in [1.54, 1.807) is 0 Å². The van der Waals surface area contributed by atoms with Gasteiger partial charge in [-0.3, -0.25) is 0 Å². The van der Waals surface area contributed by atoms with Crippen molar-refractivity contribution in [2.24, 2.45) is 5.73 Å². The third kappa shape index (κ3) is 2.98. The summed E-state index contributed by atoms with van der Waals surface area (Å²) in [6, 6.07) is 0. The fraction of sp³-hybridized carbons (Fsp3) is 0.857. The van der Waals surface area contributed by atoms with Crippen LogP contribution in [0.4, 0.5) is 0 Å². The first-order chi connectivity index (χ1) is 9.25. The van der Waals surface area contributed by atoms with Gasteiger partial charge in [0, 0.05) is 13.2 Å². The van der Waals surface area contributed by atoms with E-state index in [-0.39, 0.29) is 11.5 Å². The fourth-order valence-electron chi connectivity index (χ4n) is 2.86. The van der Waals surface area contributed by atoms with Gasteiger partial charge in [-0.1, -0.05) is 31.3 Å². The average molecular weight is 267 g/mol. The molecule has 0 amide bonds. The topological polar surface area (TPSA) is 74.2 Å². The zero-order valence-electron chi connectivity index (χ0n) is 12.0. The summed E-state index contributed by atoms with van der Waals surface area (Å²) >= 11 is 0. The zero-order chi connectivity index (χ0) is 13.7. The van der Waals surface area contributed by atoms with Gasteiger partial charge in [0.1, 0.15) is 5.60 Å². The SMILES string of the molecule is CCOC1(c2noc(C(CC)CN)n2)CCCCC1. The van der Waals surface area contributed by atoms with Gasteiger partial charge < -0.3 is 15.0 Å². The summed E-state index contributed by atoms with van der Waals surface area (Å²) in [6.07, 6.45) is 6.48. The Labute approximate surface area is 114 Å². The van der Waals surface area contributed by atoms with E-state index in [1.165, 1.54) is 6.42 Å². The number of aromatic nitrogens is 2. The van der Waals surface area contributed by atoms with Crippen molar-refractivity contribution in [2.75, 3.05) is 13.2 Å². The van der Waals surface area contributed by atoms with Crippen LogP contribution in [0.25, 0.3) is 0 Å². The molecule has 0 saturated heterocycles. The molecule has 5 heteroatoms. The second-order valence-corrected chi connectivity index (χ2v) is 5.29. The molecule has 1 aliphatic carbocycles. The van der Waals surface area contributed by atoms with Crippen molar-refractivity contribution in [3.05, 3.63) is 11.7 Å². The molecule has 1 heterocycles. The molecule has 2 N–H and O–H groups in total. The van der Waals surface area contributed by atoms with Gasteiger partial charge in [0.2, 0.25) is 11.7 Å². The fourth-order valence-corrected chi connectivity index (χ4v) is 2.86. The van der Waals surface area contributed by atoms with Crippen molar-refractivity contribution in [1.82, 2.24) is 10.1 Å². The Kier molecular flexibility index (Phi) is 4.93. The first-order valence-corrected chi connectivity index (χ1v) is 7.44. The van der Waals surface area contributed by atoms with Crippen LogP contribution in [0.15, 0.2) is 4.52 Å². The molecule has 1 atom stereocenters.